The van der Waals surface area contributed by atoms with Gasteiger partial charge in [0.15, 0.2) is 0 Å². The minimum atomic E-state index is -0.355. The monoisotopic (exact) mass is 264 g/mol. The second kappa shape index (κ2) is 7.48. The Labute approximate surface area is 113 Å². The van der Waals surface area contributed by atoms with E-state index in [1.165, 1.54) is 7.11 Å². The summed E-state index contributed by atoms with van der Waals surface area (Å²) < 4.78 is 4.62. The smallest absolute Gasteiger partial charge is 0.337 e. The molecule has 0 saturated heterocycles. The standard InChI is InChI=1S/C13H20N4O2/c1-16(2)9-10-17(3)15-14-12-7-5-11(6-8-12)13(18)19-4/h5-8H,9-10H2,1-4H3. The van der Waals surface area contributed by atoms with Gasteiger partial charge in [0.25, 0.3) is 0 Å². The van der Waals surface area contributed by atoms with E-state index in [4.69, 9.17) is 0 Å². The first-order valence-electron chi connectivity index (χ1n) is 5.99. The molecule has 6 nitrogen and oxygen atoms in total. The third-order valence-electron chi connectivity index (χ3n) is 2.47. The van der Waals surface area contributed by atoms with Crippen LogP contribution in [0.5, 0.6) is 0 Å². The average molecular weight is 264 g/mol. The van der Waals surface area contributed by atoms with E-state index in [1.54, 1.807) is 29.3 Å². The van der Waals surface area contributed by atoms with Gasteiger partial charge < -0.3 is 9.64 Å². The third-order valence-corrected chi connectivity index (χ3v) is 2.47. The predicted octanol–water partition coefficient (Wildman–Crippen LogP) is 1.97. The number of benzene rings is 1. The van der Waals surface area contributed by atoms with Crippen LogP contribution in [0.2, 0.25) is 0 Å². The lowest BCUT2D eigenvalue weighted by atomic mass is 10.2. The maximum Gasteiger partial charge on any atom is 0.337 e. The Balaban J connectivity index is 2.55. The van der Waals surface area contributed by atoms with Crippen LogP contribution in [0, 0.1) is 0 Å². The van der Waals surface area contributed by atoms with E-state index in [-0.39, 0.29) is 5.97 Å². The minimum absolute atomic E-state index is 0.355. The lowest BCUT2D eigenvalue weighted by molar-refractivity contribution is 0.0601. The summed E-state index contributed by atoms with van der Waals surface area (Å²) in [4.78, 5) is 13.3. The van der Waals surface area contributed by atoms with Crippen molar-refractivity contribution in [2.45, 2.75) is 0 Å². The summed E-state index contributed by atoms with van der Waals surface area (Å²) in [6.45, 7) is 1.72. The van der Waals surface area contributed by atoms with Crippen molar-refractivity contribution in [3.8, 4) is 0 Å². The molecule has 0 bridgehead atoms. The molecular weight excluding hydrogens is 244 g/mol. The van der Waals surface area contributed by atoms with Gasteiger partial charge in [-0.05, 0) is 38.4 Å². The molecule has 0 fully saturated rings. The molecule has 1 aromatic rings. The molecule has 0 amide bonds. The fraction of sp³-hybridized carbons (Fsp3) is 0.462. The largest absolute Gasteiger partial charge is 0.465 e. The zero-order chi connectivity index (χ0) is 14.3. The Morgan fingerprint density at radius 1 is 1.16 bits per heavy atom. The summed E-state index contributed by atoms with van der Waals surface area (Å²) in [5, 5.41) is 9.94. The molecule has 1 rings (SSSR count). The van der Waals surface area contributed by atoms with Crippen LogP contribution in [-0.4, -0.2) is 57.2 Å². The Hall–Kier alpha value is -1.95. The second-order valence-electron chi connectivity index (χ2n) is 4.41. The highest BCUT2D eigenvalue weighted by molar-refractivity contribution is 5.89. The number of methoxy groups -OCH3 is 1. The van der Waals surface area contributed by atoms with Gasteiger partial charge in [0.2, 0.25) is 0 Å². The SMILES string of the molecule is COC(=O)c1ccc(N=NN(C)CCN(C)C)cc1. The van der Waals surface area contributed by atoms with Crippen LogP contribution in [0.25, 0.3) is 0 Å². The number of carbonyl (C=O) groups excluding carboxylic acids is 1. The van der Waals surface area contributed by atoms with E-state index in [2.05, 4.69) is 20.0 Å². The van der Waals surface area contributed by atoms with Gasteiger partial charge in [-0.3, -0.25) is 5.01 Å². The van der Waals surface area contributed by atoms with E-state index in [0.29, 0.717) is 11.3 Å². The molecule has 0 spiro atoms. The first-order valence-corrected chi connectivity index (χ1v) is 5.99. The minimum Gasteiger partial charge on any atom is -0.465 e. The van der Waals surface area contributed by atoms with Crippen LogP contribution in [-0.2, 0) is 4.74 Å². The first-order chi connectivity index (χ1) is 9.02. The average Bonchev–Trinajstić information content (AvgIpc) is 2.42. The zero-order valence-corrected chi connectivity index (χ0v) is 11.8. The van der Waals surface area contributed by atoms with Crippen LogP contribution in [0.1, 0.15) is 10.4 Å². The van der Waals surface area contributed by atoms with Crippen molar-refractivity contribution in [2.24, 2.45) is 10.3 Å². The molecule has 0 aliphatic heterocycles. The Kier molecular flexibility index (Phi) is 5.95. The van der Waals surface area contributed by atoms with Crippen LogP contribution in [0.3, 0.4) is 0 Å². The molecule has 0 heterocycles. The van der Waals surface area contributed by atoms with Gasteiger partial charge in [0, 0.05) is 13.6 Å². The van der Waals surface area contributed by atoms with Crippen molar-refractivity contribution in [3.63, 3.8) is 0 Å². The summed E-state index contributed by atoms with van der Waals surface area (Å²) in [5.41, 5.74) is 1.20. The summed E-state index contributed by atoms with van der Waals surface area (Å²) in [7, 11) is 7.25. The van der Waals surface area contributed by atoms with Crippen LogP contribution in [0.15, 0.2) is 34.6 Å². The highest BCUT2D eigenvalue weighted by atomic mass is 16.5. The molecule has 0 atom stereocenters. The summed E-state index contributed by atoms with van der Waals surface area (Å²) in [6.07, 6.45) is 0. The molecule has 0 N–H and O–H groups in total. The maximum absolute atomic E-state index is 11.3. The van der Waals surface area contributed by atoms with Gasteiger partial charge in [-0.1, -0.05) is 5.22 Å². The van der Waals surface area contributed by atoms with Crippen molar-refractivity contribution in [1.82, 2.24) is 9.91 Å². The Morgan fingerprint density at radius 2 is 1.79 bits per heavy atom. The lowest BCUT2D eigenvalue weighted by Crippen LogP contribution is -2.24. The zero-order valence-electron chi connectivity index (χ0n) is 11.8. The molecule has 0 unspecified atom stereocenters. The molecule has 1 aromatic carbocycles. The molecular formula is C13H20N4O2. The van der Waals surface area contributed by atoms with E-state index in [0.717, 1.165) is 13.1 Å². The molecule has 0 aliphatic rings. The number of hydrogen-bond donors (Lipinski definition) is 0. The quantitative estimate of drug-likeness (QED) is 0.448. The third kappa shape index (κ3) is 5.48. The van der Waals surface area contributed by atoms with E-state index < -0.39 is 0 Å². The molecule has 0 aromatic heterocycles. The highest BCUT2D eigenvalue weighted by Gasteiger charge is 2.03. The van der Waals surface area contributed by atoms with Crippen LogP contribution >= 0.6 is 0 Å². The van der Waals surface area contributed by atoms with E-state index >= 15 is 0 Å². The normalized spacial score (nSPS) is 11.0. The number of likely N-dealkylation sites (N-methyl/N-ethyl adjacent to an activating group) is 2. The van der Waals surface area contributed by atoms with Gasteiger partial charge in [0.1, 0.15) is 0 Å². The maximum atomic E-state index is 11.3. The van der Waals surface area contributed by atoms with Crippen molar-refractivity contribution < 1.29 is 9.53 Å². The summed E-state index contributed by atoms with van der Waals surface area (Å²) >= 11 is 0. The fourth-order valence-corrected chi connectivity index (χ4v) is 1.30. The van der Waals surface area contributed by atoms with Gasteiger partial charge in [-0.15, -0.1) is 5.11 Å². The highest BCUT2D eigenvalue weighted by Crippen LogP contribution is 2.14. The Bertz CT molecular complexity index is 429. The number of ether oxygens (including phenoxy) is 1. The van der Waals surface area contributed by atoms with E-state index in [9.17, 15) is 4.79 Å². The number of nitrogens with zero attached hydrogens (tertiary/aromatic N) is 4. The molecule has 6 heteroatoms. The molecule has 0 radical (unpaired) electrons. The summed E-state index contributed by atoms with van der Waals surface area (Å²) in [6, 6.07) is 6.80. The molecule has 0 saturated carbocycles. The van der Waals surface area contributed by atoms with Crippen LogP contribution in [0.4, 0.5) is 5.69 Å². The Morgan fingerprint density at radius 3 is 2.32 bits per heavy atom. The van der Waals surface area contributed by atoms with E-state index in [1.807, 2.05) is 21.1 Å². The van der Waals surface area contributed by atoms with Crippen molar-refractivity contribution in [1.29, 1.82) is 0 Å². The number of esters is 1. The molecule has 0 aliphatic carbocycles. The van der Waals surface area contributed by atoms with Crippen molar-refractivity contribution in [2.75, 3.05) is 41.3 Å². The van der Waals surface area contributed by atoms with Gasteiger partial charge in [0.05, 0.1) is 24.9 Å². The van der Waals surface area contributed by atoms with Crippen LogP contribution < -0.4 is 0 Å². The lowest BCUT2D eigenvalue weighted by Gasteiger charge is -2.14. The van der Waals surface area contributed by atoms with Crippen molar-refractivity contribution >= 4 is 11.7 Å². The van der Waals surface area contributed by atoms with Crippen molar-refractivity contribution in [3.05, 3.63) is 29.8 Å². The number of hydrogen-bond acceptors (Lipinski definition) is 5. The molecule has 104 valence electrons. The second-order valence-corrected chi connectivity index (χ2v) is 4.41. The predicted molar refractivity (Wildman–Crippen MR) is 73.5 cm³/mol. The van der Waals surface area contributed by atoms with Gasteiger partial charge in [-0.2, -0.15) is 0 Å². The fourth-order valence-electron chi connectivity index (χ4n) is 1.30. The van der Waals surface area contributed by atoms with Gasteiger partial charge in [-0.25, -0.2) is 4.79 Å². The number of carbonyl (C=O) groups is 1. The number of rotatable bonds is 6. The summed E-state index contributed by atoms with van der Waals surface area (Å²) in [5.74, 6) is -0.355. The molecule has 19 heavy (non-hydrogen) atoms. The topological polar surface area (TPSA) is 57.5 Å². The van der Waals surface area contributed by atoms with Gasteiger partial charge >= 0.3 is 5.97 Å². The first kappa shape index (κ1) is 15.1.